The normalized spacial score (nSPS) is 16.7. The summed E-state index contributed by atoms with van der Waals surface area (Å²) in [4.78, 5) is 18.2. The summed E-state index contributed by atoms with van der Waals surface area (Å²) in [5.41, 5.74) is 3.25. The van der Waals surface area contributed by atoms with Crippen LogP contribution < -0.4 is 5.32 Å². The van der Waals surface area contributed by atoms with E-state index in [-0.39, 0.29) is 34.7 Å². The minimum Gasteiger partial charge on any atom is -0.302 e. The van der Waals surface area contributed by atoms with E-state index in [1.807, 2.05) is 18.2 Å². The van der Waals surface area contributed by atoms with Gasteiger partial charge in [0.25, 0.3) is 0 Å². The van der Waals surface area contributed by atoms with Crippen LogP contribution in [0.25, 0.3) is 11.3 Å². The number of sulfone groups is 1. The standard InChI is InChI=1S/C23H23N3O5S3/c1-33(28,29)19-8-4-5-9-20(19)34(30,31)26-12-10-15(11-13-26)22(27)25-23-24-21-17-7-3-2-6-16(17)14-18(21)32-23/h2-9,15H,10-14H2,1H3,(H,24,25,27). The number of carbonyl (C=O) groups is 1. The molecule has 1 saturated heterocycles. The highest BCUT2D eigenvalue weighted by Gasteiger charge is 2.35. The summed E-state index contributed by atoms with van der Waals surface area (Å²) in [6, 6.07) is 13.7. The molecule has 0 atom stereocenters. The predicted molar refractivity (Wildman–Crippen MR) is 130 cm³/mol. The maximum atomic E-state index is 13.2. The minimum atomic E-state index is -4.00. The second-order valence-electron chi connectivity index (χ2n) is 8.51. The molecule has 11 heteroatoms. The van der Waals surface area contributed by atoms with Crippen LogP contribution in [0.3, 0.4) is 0 Å². The fourth-order valence-corrected chi connectivity index (χ4v) is 8.56. The lowest BCUT2D eigenvalue weighted by Gasteiger charge is -2.30. The van der Waals surface area contributed by atoms with E-state index in [1.54, 1.807) is 0 Å². The van der Waals surface area contributed by atoms with Gasteiger partial charge in [-0.2, -0.15) is 4.31 Å². The quantitative estimate of drug-likeness (QED) is 0.435. The van der Waals surface area contributed by atoms with Crippen molar-refractivity contribution in [3.63, 3.8) is 0 Å². The third kappa shape index (κ3) is 4.17. The molecule has 2 aliphatic rings. The number of aromatic nitrogens is 1. The van der Waals surface area contributed by atoms with Crippen molar-refractivity contribution in [3.05, 3.63) is 59.0 Å². The monoisotopic (exact) mass is 517 g/mol. The first-order chi connectivity index (χ1) is 16.1. The molecular formula is C23H23N3O5S3. The molecule has 0 bridgehead atoms. The van der Waals surface area contributed by atoms with Gasteiger partial charge in [-0.05, 0) is 30.5 Å². The summed E-state index contributed by atoms with van der Waals surface area (Å²) in [7, 11) is -7.71. The van der Waals surface area contributed by atoms with E-state index < -0.39 is 19.9 Å². The van der Waals surface area contributed by atoms with Gasteiger partial charge >= 0.3 is 0 Å². The van der Waals surface area contributed by atoms with Crippen molar-refractivity contribution in [1.29, 1.82) is 0 Å². The lowest BCUT2D eigenvalue weighted by molar-refractivity contribution is -0.120. The first kappa shape index (κ1) is 23.2. The van der Waals surface area contributed by atoms with Crippen LogP contribution in [0.1, 0.15) is 23.3 Å². The van der Waals surface area contributed by atoms with Gasteiger partial charge in [0, 0.05) is 42.1 Å². The predicted octanol–water partition coefficient (Wildman–Crippen LogP) is 3.16. The lowest BCUT2D eigenvalue weighted by Crippen LogP contribution is -2.41. The molecule has 34 heavy (non-hydrogen) atoms. The van der Waals surface area contributed by atoms with Crippen LogP contribution >= 0.6 is 11.3 Å². The van der Waals surface area contributed by atoms with Crippen LogP contribution in [0.5, 0.6) is 0 Å². The molecule has 1 aliphatic heterocycles. The Kier molecular flexibility index (Phi) is 5.83. The van der Waals surface area contributed by atoms with Gasteiger partial charge in [0.15, 0.2) is 15.0 Å². The molecule has 5 rings (SSSR count). The Morgan fingerprint density at radius 1 is 1.00 bits per heavy atom. The number of hydrogen-bond donors (Lipinski definition) is 1. The number of thiazole rings is 1. The zero-order valence-electron chi connectivity index (χ0n) is 18.4. The summed E-state index contributed by atoms with van der Waals surface area (Å²) in [6.07, 6.45) is 2.50. The highest BCUT2D eigenvalue weighted by Crippen LogP contribution is 2.41. The van der Waals surface area contributed by atoms with Crippen molar-refractivity contribution in [2.75, 3.05) is 24.7 Å². The molecule has 2 aromatic carbocycles. The minimum absolute atomic E-state index is 0.139. The Morgan fingerprint density at radius 3 is 2.35 bits per heavy atom. The molecule has 0 saturated carbocycles. The second-order valence-corrected chi connectivity index (χ2v) is 13.5. The number of hydrogen-bond acceptors (Lipinski definition) is 7. The van der Waals surface area contributed by atoms with Gasteiger partial charge in [-0.1, -0.05) is 36.4 Å². The van der Waals surface area contributed by atoms with Gasteiger partial charge in [-0.15, -0.1) is 11.3 Å². The molecule has 0 spiro atoms. The van der Waals surface area contributed by atoms with Crippen LogP contribution in [-0.2, 0) is 31.1 Å². The number of benzene rings is 2. The molecule has 1 aliphatic carbocycles. The van der Waals surface area contributed by atoms with E-state index in [9.17, 15) is 21.6 Å². The number of anilines is 1. The zero-order chi connectivity index (χ0) is 24.1. The van der Waals surface area contributed by atoms with Crippen LogP contribution in [0, 0.1) is 5.92 Å². The third-order valence-corrected chi connectivity index (χ3v) is 10.5. The zero-order valence-corrected chi connectivity index (χ0v) is 20.8. The van der Waals surface area contributed by atoms with Gasteiger partial charge in [0.2, 0.25) is 15.9 Å². The topological polar surface area (TPSA) is 114 Å². The van der Waals surface area contributed by atoms with Crippen molar-refractivity contribution in [2.24, 2.45) is 5.92 Å². The third-order valence-electron chi connectivity index (χ3n) is 6.24. The number of nitrogens with one attached hydrogen (secondary N) is 1. The van der Waals surface area contributed by atoms with E-state index in [0.29, 0.717) is 18.0 Å². The van der Waals surface area contributed by atoms with Gasteiger partial charge < -0.3 is 5.32 Å². The first-order valence-electron chi connectivity index (χ1n) is 10.8. The molecule has 178 valence electrons. The van der Waals surface area contributed by atoms with Crippen LogP contribution in [0.2, 0.25) is 0 Å². The lowest BCUT2D eigenvalue weighted by atomic mass is 9.97. The van der Waals surface area contributed by atoms with Crippen LogP contribution in [0.4, 0.5) is 5.13 Å². The van der Waals surface area contributed by atoms with E-state index in [1.165, 1.54) is 45.5 Å². The summed E-state index contributed by atoms with van der Waals surface area (Å²) in [6.45, 7) is 0.278. The maximum absolute atomic E-state index is 13.2. The summed E-state index contributed by atoms with van der Waals surface area (Å²) in [5, 5.41) is 3.46. The number of sulfonamides is 1. The average Bonchev–Trinajstić information content (AvgIpc) is 3.36. The molecule has 1 fully saturated rings. The Morgan fingerprint density at radius 2 is 1.65 bits per heavy atom. The van der Waals surface area contributed by atoms with Crippen molar-refractivity contribution in [1.82, 2.24) is 9.29 Å². The summed E-state index contributed by atoms with van der Waals surface area (Å²) >= 11 is 1.47. The number of amides is 1. The Bertz CT molecular complexity index is 1490. The number of fused-ring (bicyclic) bond motifs is 3. The number of nitrogens with zero attached hydrogens (tertiary/aromatic N) is 2. The fourth-order valence-electron chi connectivity index (χ4n) is 4.49. The number of carbonyl (C=O) groups excluding carboxylic acids is 1. The van der Waals surface area contributed by atoms with Crippen molar-refractivity contribution in [2.45, 2.75) is 29.1 Å². The van der Waals surface area contributed by atoms with Gasteiger partial charge in [0.05, 0.1) is 10.6 Å². The summed E-state index contributed by atoms with van der Waals surface area (Å²) < 4.78 is 51.7. The molecule has 1 N–H and O–H groups in total. The van der Waals surface area contributed by atoms with E-state index >= 15 is 0 Å². The number of rotatable bonds is 5. The van der Waals surface area contributed by atoms with E-state index in [4.69, 9.17) is 0 Å². The fraction of sp³-hybridized carbons (Fsp3) is 0.304. The van der Waals surface area contributed by atoms with Gasteiger partial charge in [0.1, 0.15) is 4.90 Å². The van der Waals surface area contributed by atoms with Crippen molar-refractivity contribution >= 4 is 42.2 Å². The smallest absolute Gasteiger partial charge is 0.244 e. The molecule has 2 heterocycles. The molecule has 3 aromatic rings. The molecule has 1 amide bonds. The first-order valence-corrected chi connectivity index (χ1v) is 15.0. The molecule has 0 radical (unpaired) electrons. The molecule has 1 aromatic heterocycles. The Labute approximate surface area is 202 Å². The van der Waals surface area contributed by atoms with Gasteiger partial charge in [-0.3, -0.25) is 4.79 Å². The number of piperidine rings is 1. The largest absolute Gasteiger partial charge is 0.302 e. The molecule has 8 nitrogen and oxygen atoms in total. The maximum Gasteiger partial charge on any atom is 0.244 e. The van der Waals surface area contributed by atoms with Crippen LogP contribution in [-0.4, -0.2) is 51.4 Å². The highest BCUT2D eigenvalue weighted by atomic mass is 32.2. The van der Waals surface area contributed by atoms with Crippen molar-refractivity contribution < 1.29 is 21.6 Å². The second kappa shape index (κ2) is 8.56. The van der Waals surface area contributed by atoms with E-state index in [2.05, 4.69) is 16.4 Å². The Hall–Kier alpha value is -2.60. The van der Waals surface area contributed by atoms with Gasteiger partial charge in [-0.25, -0.2) is 21.8 Å². The average molecular weight is 518 g/mol. The SMILES string of the molecule is CS(=O)(=O)c1ccccc1S(=O)(=O)N1CCC(C(=O)Nc2nc3c(s2)Cc2ccccc2-3)CC1. The van der Waals surface area contributed by atoms with Crippen molar-refractivity contribution in [3.8, 4) is 11.3 Å². The Balaban J connectivity index is 1.26. The molecule has 0 unspecified atom stereocenters. The summed E-state index contributed by atoms with van der Waals surface area (Å²) in [5.74, 6) is -0.517. The van der Waals surface area contributed by atoms with Crippen LogP contribution in [0.15, 0.2) is 58.3 Å². The van der Waals surface area contributed by atoms with E-state index in [0.717, 1.165) is 28.8 Å². The highest BCUT2D eigenvalue weighted by molar-refractivity contribution is 7.93. The molecular weight excluding hydrogens is 494 g/mol.